The molecule has 0 radical (unpaired) electrons. The second-order valence-corrected chi connectivity index (χ2v) is 6.25. The number of nitrogens with one attached hydrogen (secondary N) is 1. The van der Waals surface area contributed by atoms with E-state index < -0.39 is 0 Å². The summed E-state index contributed by atoms with van der Waals surface area (Å²) in [6.07, 6.45) is 3.69. The molecule has 0 spiro atoms. The number of carbonyl (C=O) groups excluding carboxylic acids is 1. The molecule has 1 N–H and O–H groups in total. The minimum atomic E-state index is -0.228. The third kappa shape index (κ3) is 3.76. The number of thiophene rings is 1. The molecule has 1 aliphatic rings. The molecule has 1 amide bonds. The Morgan fingerprint density at radius 3 is 2.90 bits per heavy atom. The Labute approximate surface area is 130 Å². The quantitative estimate of drug-likeness (QED) is 0.937. The Bertz CT molecular complexity index is 657. The first-order valence-electron chi connectivity index (χ1n) is 6.43. The summed E-state index contributed by atoms with van der Waals surface area (Å²) in [5.41, 5.74) is 1.88. The van der Waals surface area contributed by atoms with Crippen LogP contribution in [0, 0.1) is 0 Å². The molecule has 2 aromatic heterocycles. The van der Waals surface area contributed by atoms with Crippen LogP contribution < -0.4 is 5.32 Å². The van der Waals surface area contributed by atoms with E-state index in [-0.39, 0.29) is 12.2 Å². The molecule has 7 heteroatoms. The fourth-order valence-electron chi connectivity index (χ4n) is 1.87. The van der Waals surface area contributed by atoms with Crippen LogP contribution in [-0.4, -0.2) is 24.1 Å². The Kier molecular flexibility index (Phi) is 4.45. The molecule has 0 atom stereocenters. The van der Waals surface area contributed by atoms with Crippen molar-refractivity contribution < 1.29 is 14.3 Å². The van der Waals surface area contributed by atoms with Crippen LogP contribution in [0.1, 0.15) is 29.3 Å². The van der Waals surface area contributed by atoms with E-state index in [1.165, 1.54) is 18.3 Å². The average molecular weight is 322 g/mol. The molecule has 5 nitrogen and oxygen atoms in total. The van der Waals surface area contributed by atoms with Crippen molar-refractivity contribution in [3.63, 3.8) is 0 Å². The van der Waals surface area contributed by atoms with E-state index >= 15 is 0 Å². The average Bonchev–Trinajstić information content (AvgIpc) is 3.17. The van der Waals surface area contributed by atoms with Crippen molar-refractivity contribution >= 4 is 45.9 Å². The summed E-state index contributed by atoms with van der Waals surface area (Å²) in [7, 11) is 0. The van der Waals surface area contributed by atoms with Crippen LogP contribution in [0.4, 0.5) is 5.13 Å². The van der Waals surface area contributed by atoms with E-state index in [4.69, 9.17) is 9.47 Å². The van der Waals surface area contributed by atoms with Crippen molar-refractivity contribution in [3.05, 3.63) is 33.0 Å². The van der Waals surface area contributed by atoms with Gasteiger partial charge in [-0.3, -0.25) is 4.79 Å². The molecule has 3 rings (SSSR count). The Hall–Kier alpha value is -1.54. The molecule has 1 aliphatic heterocycles. The third-order valence-corrected chi connectivity index (χ3v) is 4.45. The van der Waals surface area contributed by atoms with Crippen LogP contribution in [0.25, 0.3) is 12.2 Å². The van der Waals surface area contributed by atoms with E-state index in [0.29, 0.717) is 18.3 Å². The van der Waals surface area contributed by atoms with E-state index in [2.05, 4.69) is 16.4 Å². The number of rotatable bonds is 4. The molecule has 2 aromatic rings. The molecule has 0 aromatic carbocycles. The molecule has 110 valence electrons. The van der Waals surface area contributed by atoms with Gasteiger partial charge in [0.15, 0.2) is 11.4 Å². The van der Waals surface area contributed by atoms with Crippen LogP contribution >= 0.6 is 22.7 Å². The maximum Gasteiger partial charge on any atom is 0.223 e. The second-order valence-electron chi connectivity index (χ2n) is 4.45. The number of anilines is 1. The summed E-state index contributed by atoms with van der Waals surface area (Å²) in [6.45, 7) is 2.77. The maximum absolute atomic E-state index is 10.9. The van der Waals surface area contributed by atoms with Crippen LogP contribution in [0.15, 0.2) is 16.8 Å². The van der Waals surface area contributed by atoms with Gasteiger partial charge in [0, 0.05) is 22.7 Å². The summed E-state index contributed by atoms with van der Waals surface area (Å²) < 4.78 is 10.9. The fraction of sp³-hybridized carbons (Fsp3) is 0.286. The third-order valence-electron chi connectivity index (χ3n) is 2.76. The molecule has 0 aliphatic carbocycles. The number of carbonyl (C=O) groups is 1. The van der Waals surface area contributed by atoms with Gasteiger partial charge in [-0.05, 0) is 23.6 Å². The standard InChI is InChI=1S/C14H14N2O3S2/c1-9(17)15-14-16-11(8-21-14)2-3-12-6-10(7-20-12)13-18-4-5-19-13/h2-3,6-8,13H,4-5H2,1H3,(H,15,16,17). The minimum absolute atomic E-state index is 0.112. The lowest BCUT2D eigenvalue weighted by atomic mass is 10.3. The Morgan fingerprint density at radius 1 is 1.33 bits per heavy atom. The highest BCUT2D eigenvalue weighted by molar-refractivity contribution is 7.14. The van der Waals surface area contributed by atoms with Crippen molar-refractivity contribution in [1.29, 1.82) is 0 Å². The Balaban J connectivity index is 1.65. The molecular weight excluding hydrogens is 308 g/mol. The van der Waals surface area contributed by atoms with Gasteiger partial charge in [-0.15, -0.1) is 22.7 Å². The Morgan fingerprint density at radius 2 is 2.14 bits per heavy atom. The summed E-state index contributed by atoms with van der Waals surface area (Å²) in [5, 5.41) is 7.22. The molecular formula is C14H14N2O3S2. The topological polar surface area (TPSA) is 60.5 Å². The molecule has 1 saturated heterocycles. The predicted molar refractivity (Wildman–Crippen MR) is 84.3 cm³/mol. The van der Waals surface area contributed by atoms with Gasteiger partial charge in [-0.25, -0.2) is 4.98 Å². The monoisotopic (exact) mass is 322 g/mol. The number of aromatic nitrogens is 1. The predicted octanol–water partition coefficient (Wildman–Crippen LogP) is 3.38. The van der Waals surface area contributed by atoms with Crippen molar-refractivity contribution in [2.24, 2.45) is 0 Å². The summed E-state index contributed by atoms with van der Waals surface area (Å²) in [6, 6.07) is 2.05. The fourth-order valence-corrected chi connectivity index (χ4v) is 3.39. The molecule has 3 heterocycles. The summed E-state index contributed by atoms with van der Waals surface area (Å²) in [5.74, 6) is -0.112. The van der Waals surface area contributed by atoms with Gasteiger partial charge in [-0.2, -0.15) is 0 Å². The lowest BCUT2D eigenvalue weighted by Crippen LogP contribution is -2.04. The van der Waals surface area contributed by atoms with Gasteiger partial charge in [0.2, 0.25) is 5.91 Å². The van der Waals surface area contributed by atoms with E-state index in [9.17, 15) is 4.79 Å². The summed E-state index contributed by atoms with van der Waals surface area (Å²) in [4.78, 5) is 16.4. The van der Waals surface area contributed by atoms with Gasteiger partial charge in [-0.1, -0.05) is 0 Å². The number of ether oxygens (including phenoxy) is 2. The molecule has 1 fully saturated rings. The second kappa shape index (κ2) is 6.48. The normalized spacial score (nSPS) is 15.9. The number of hydrogen-bond donors (Lipinski definition) is 1. The largest absolute Gasteiger partial charge is 0.346 e. The number of thiazole rings is 1. The number of hydrogen-bond acceptors (Lipinski definition) is 6. The molecule has 0 bridgehead atoms. The van der Waals surface area contributed by atoms with E-state index in [1.54, 1.807) is 11.3 Å². The zero-order valence-electron chi connectivity index (χ0n) is 11.4. The van der Waals surface area contributed by atoms with Crippen molar-refractivity contribution in [3.8, 4) is 0 Å². The lowest BCUT2D eigenvalue weighted by molar-refractivity contribution is -0.114. The van der Waals surface area contributed by atoms with Gasteiger partial charge in [0.25, 0.3) is 0 Å². The minimum Gasteiger partial charge on any atom is -0.346 e. The van der Waals surface area contributed by atoms with Crippen LogP contribution in [0.3, 0.4) is 0 Å². The van der Waals surface area contributed by atoms with Crippen molar-refractivity contribution in [1.82, 2.24) is 4.98 Å². The van der Waals surface area contributed by atoms with Crippen LogP contribution in [0.2, 0.25) is 0 Å². The lowest BCUT2D eigenvalue weighted by Gasteiger charge is -2.04. The zero-order valence-corrected chi connectivity index (χ0v) is 13.0. The van der Waals surface area contributed by atoms with Gasteiger partial charge in [0.05, 0.1) is 18.9 Å². The van der Waals surface area contributed by atoms with Gasteiger partial charge >= 0.3 is 0 Å². The van der Waals surface area contributed by atoms with Crippen LogP contribution in [-0.2, 0) is 14.3 Å². The van der Waals surface area contributed by atoms with Crippen molar-refractivity contribution in [2.75, 3.05) is 18.5 Å². The van der Waals surface area contributed by atoms with Crippen LogP contribution in [0.5, 0.6) is 0 Å². The smallest absolute Gasteiger partial charge is 0.223 e. The first-order valence-corrected chi connectivity index (χ1v) is 8.19. The van der Waals surface area contributed by atoms with E-state index in [1.807, 2.05) is 22.9 Å². The van der Waals surface area contributed by atoms with Crippen molar-refractivity contribution in [2.45, 2.75) is 13.2 Å². The highest BCUT2D eigenvalue weighted by Crippen LogP contribution is 2.28. The highest BCUT2D eigenvalue weighted by Gasteiger charge is 2.19. The molecule has 0 saturated carbocycles. The SMILES string of the molecule is CC(=O)Nc1nc(C=Cc2cc(C3OCCO3)cs2)cs1. The number of amides is 1. The van der Waals surface area contributed by atoms with Gasteiger partial charge < -0.3 is 14.8 Å². The highest BCUT2D eigenvalue weighted by atomic mass is 32.1. The zero-order chi connectivity index (χ0) is 14.7. The first-order chi connectivity index (χ1) is 10.2. The molecule has 21 heavy (non-hydrogen) atoms. The molecule has 0 unspecified atom stereocenters. The van der Waals surface area contributed by atoms with E-state index in [0.717, 1.165) is 16.1 Å². The number of nitrogens with zero attached hydrogens (tertiary/aromatic N) is 1. The first kappa shape index (κ1) is 14.4. The maximum atomic E-state index is 10.9. The van der Waals surface area contributed by atoms with Gasteiger partial charge in [0.1, 0.15) is 0 Å². The summed E-state index contributed by atoms with van der Waals surface area (Å²) >= 11 is 3.04.